The van der Waals surface area contributed by atoms with Gasteiger partial charge >= 0.3 is 0 Å². The summed E-state index contributed by atoms with van der Waals surface area (Å²) in [5.74, 6) is 0.435. The number of nitrogen functional groups attached to an aromatic ring is 1. The molecule has 0 heterocycles. The first-order chi connectivity index (χ1) is 7.06. The minimum absolute atomic E-state index is 0.214. The first-order valence-electron chi connectivity index (χ1n) is 4.47. The molecule has 15 heavy (non-hydrogen) atoms. The van der Waals surface area contributed by atoms with E-state index in [1.54, 1.807) is 12.1 Å². The van der Waals surface area contributed by atoms with Gasteiger partial charge in [-0.15, -0.1) is 11.6 Å². The van der Waals surface area contributed by atoms with Crippen molar-refractivity contribution >= 4 is 27.3 Å². The van der Waals surface area contributed by atoms with E-state index >= 15 is 0 Å². The number of hydrogen-bond donors (Lipinski definition) is 2. The van der Waals surface area contributed by atoms with Crippen molar-refractivity contribution in [3.8, 4) is 0 Å². The van der Waals surface area contributed by atoms with Gasteiger partial charge in [0.2, 0.25) is 10.0 Å². The Morgan fingerprint density at radius 1 is 1.27 bits per heavy atom. The lowest BCUT2D eigenvalue weighted by molar-refractivity contribution is 0.581. The van der Waals surface area contributed by atoms with E-state index < -0.39 is 10.0 Å². The highest BCUT2D eigenvalue weighted by Gasteiger charge is 2.11. The van der Waals surface area contributed by atoms with E-state index in [4.69, 9.17) is 17.3 Å². The highest BCUT2D eigenvalue weighted by Crippen LogP contribution is 2.11. The molecular weight excluding hydrogens is 236 g/mol. The summed E-state index contributed by atoms with van der Waals surface area (Å²) in [6.45, 7) is 0.343. The monoisotopic (exact) mass is 248 g/mol. The molecule has 0 saturated carbocycles. The highest BCUT2D eigenvalue weighted by molar-refractivity contribution is 7.89. The first-order valence-corrected chi connectivity index (χ1v) is 6.49. The van der Waals surface area contributed by atoms with Crippen LogP contribution in [-0.2, 0) is 10.0 Å². The lowest BCUT2D eigenvalue weighted by Crippen LogP contribution is -2.24. The molecule has 0 unspecified atom stereocenters. The molecule has 0 atom stereocenters. The van der Waals surface area contributed by atoms with Gasteiger partial charge in [0, 0.05) is 18.1 Å². The van der Waals surface area contributed by atoms with E-state index in [-0.39, 0.29) is 4.90 Å². The number of sulfonamides is 1. The van der Waals surface area contributed by atoms with E-state index in [2.05, 4.69) is 4.72 Å². The van der Waals surface area contributed by atoms with E-state index in [1.165, 1.54) is 12.1 Å². The summed E-state index contributed by atoms with van der Waals surface area (Å²) in [4.78, 5) is 0.214. The van der Waals surface area contributed by atoms with Crippen molar-refractivity contribution in [3.05, 3.63) is 24.3 Å². The largest absolute Gasteiger partial charge is 0.399 e. The van der Waals surface area contributed by atoms with Crippen LogP contribution in [0.3, 0.4) is 0 Å². The lowest BCUT2D eigenvalue weighted by Gasteiger charge is -2.05. The van der Waals surface area contributed by atoms with Crippen molar-refractivity contribution in [2.45, 2.75) is 11.3 Å². The molecule has 84 valence electrons. The van der Waals surface area contributed by atoms with Gasteiger partial charge in [-0.05, 0) is 30.7 Å². The van der Waals surface area contributed by atoms with Crippen LogP contribution in [0.1, 0.15) is 6.42 Å². The number of benzene rings is 1. The van der Waals surface area contributed by atoms with Gasteiger partial charge in [0.25, 0.3) is 0 Å². The first kappa shape index (κ1) is 12.3. The molecule has 1 aromatic carbocycles. The van der Waals surface area contributed by atoms with E-state index in [1.807, 2.05) is 0 Å². The fourth-order valence-electron chi connectivity index (χ4n) is 1.00. The molecule has 0 aliphatic heterocycles. The maximum absolute atomic E-state index is 11.6. The normalized spacial score (nSPS) is 11.5. The molecule has 0 aromatic heterocycles. The zero-order chi connectivity index (χ0) is 11.3. The Kier molecular flexibility index (Phi) is 4.38. The lowest BCUT2D eigenvalue weighted by atomic mass is 10.3. The minimum Gasteiger partial charge on any atom is -0.399 e. The average molecular weight is 249 g/mol. The molecule has 0 aliphatic carbocycles. The van der Waals surface area contributed by atoms with E-state index in [0.29, 0.717) is 24.5 Å². The van der Waals surface area contributed by atoms with Crippen LogP contribution < -0.4 is 10.5 Å². The maximum atomic E-state index is 11.6. The van der Waals surface area contributed by atoms with Gasteiger partial charge in [0.15, 0.2) is 0 Å². The van der Waals surface area contributed by atoms with Gasteiger partial charge in [0.05, 0.1) is 4.90 Å². The SMILES string of the molecule is Nc1ccc(S(=O)(=O)NCCCCl)cc1. The summed E-state index contributed by atoms with van der Waals surface area (Å²) in [5.41, 5.74) is 6.00. The number of nitrogens with two attached hydrogens (primary N) is 1. The summed E-state index contributed by atoms with van der Waals surface area (Å²) in [6.07, 6.45) is 0.607. The number of rotatable bonds is 5. The smallest absolute Gasteiger partial charge is 0.240 e. The average Bonchev–Trinajstić information content (AvgIpc) is 2.18. The van der Waals surface area contributed by atoms with E-state index in [0.717, 1.165) is 0 Å². The van der Waals surface area contributed by atoms with Crippen LogP contribution in [0.15, 0.2) is 29.2 Å². The van der Waals surface area contributed by atoms with Crippen LogP contribution in [0.4, 0.5) is 5.69 Å². The number of anilines is 1. The predicted molar refractivity (Wildman–Crippen MR) is 61.4 cm³/mol. The quantitative estimate of drug-likeness (QED) is 0.467. The summed E-state index contributed by atoms with van der Waals surface area (Å²) in [6, 6.07) is 6.04. The van der Waals surface area contributed by atoms with Gasteiger partial charge < -0.3 is 5.73 Å². The van der Waals surface area contributed by atoms with Crippen LogP contribution in [0, 0.1) is 0 Å². The predicted octanol–water partition coefficient (Wildman–Crippen LogP) is 1.18. The molecule has 0 fully saturated rings. The molecule has 1 aromatic rings. The van der Waals surface area contributed by atoms with Gasteiger partial charge in [-0.2, -0.15) is 0 Å². The van der Waals surface area contributed by atoms with Crippen molar-refractivity contribution in [3.63, 3.8) is 0 Å². The topological polar surface area (TPSA) is 72.2 Å². The number of nitrogens with one attached hydrogen (secondary N) is 1. The second kappa shape index (κ2) is 5.34. The molecule has 6 heteroatoms. The van der Waals surface area contributed by atoms with E-state index in [9.17, 15) is 8.42 Å². The Balaban J connectivity index is 2.73. The second-order valence-corrected chi connectivity index (χ2v) is 5.15. The highest BCUT2D eigenvalue weighted by atomic mass is 35.5. The second-order valence-electron chi connectivity index (χ2n) is 3.01. The summed E-state index contributed by atoms with van der Waals surface area (Å²) >= 11 is 5.45. The third-order valence-corrected chi connectivity index (χ3v) is 3.54. The van der Waals surface area contributed by atoms with Crippen molar-refractivity contribution in [2.24, 2.45) is 0 Å². The van der Waals surface area contributed by atoms with Crippen molar-refractivity contribution in [2.75, 3.05) is 18.2 Å². The Labute approximate surface area is 94.5 Å². The molecule has 0 amide bonds. The Bertz CT molecular complexity index is 403. The van der Waals surface area contributed by atoms with Crippen molar-refractivity contribution in [1.29, 1.82) is 0 Å². The summed E-state index contributed by atoms with van der Waals surface area (Å²) in [7, 11) is -3.41. The van der Waals surface area contributed by atoms with Gasteiger partial charge in [0.1, 0.15) is 0 Å². The van der Waals surface area contributed by atoms with Crippen LogP contribution in [0.2, 0.25) is 0 Å². The Morgan fingerprint density at radius 2 is 1.87 bits per heavy atom. The fraction of sp³-hybridized carbons (Fsp3) is 0.333. The molecule has 0 bridgehead atoms. The number of halogens is 1. The zero-order valence-electron chi connectivity index (χ0n) is 8.11. The standard InChI is InChI=1S/C9H13ClN2O2S/c10-6-1-7-12-15(13,14)9-4-2-8(11)3-5-9/h2-5,12H,1,6-7,11H2. The Morgan fingerprint density at radius 3 is 2.40 bits per heavy atom. The minimum atomic E-state index is -3.41. The third-order valence-electron chi connectivity index (χ3n) is 1.79. The summed E-state index contributed by atoms with van der Waals surface area (Å²) < 4.78 is 25.7. The summed E-state index contributed by atoms with van der Waals surface area (Å²) in [5, 5.41) is 0. The molecule has 4 nitrogen and oxygen atoms in total. The zero-order valence-corrected chi connectivity index (χ0v) is 9.68. The van der Waals surface area contributed by atoms with Crippen LogP contribution in [0.25, 0.3) is 0 Å². The molecule has 3 N–H and O–H groups in total. The Hall–Kier alpha value is -0.780. The molecule has 0 saturated heterocycles. The van der Waals surface area contributed by atoms with Crippen molar-refractivity contribution < 1.29 is 8.42 Å². The molecule has 0 aliphatic rings. The van der Waals surface area contributed by atoms with Gasteiger partial charge in [-0.3, -0.25) is 0 Å². The molecule has 0 spiro atoms. The van der Waals surface area contributed by atoms with Crippen LogP contribution in [0.5, 0.6) is 0 Å². The maximum Gasteiger partial charge on any atom is 0.240 e. The molecule has 1 rings (SSSR count). The number of hydrogen-bond acceptors (Lipinski definition) is 3. The van der Waals surface area contributed by atoms with Crippen molar-refractivity contribution in [1.82, 2.24) is 4.72 Å². The third kappa shape index (κ3) is 3.70. The van der Waals surface area contributed by atoms with Crippen LogP contribution >= 0.6 is 11.6 Å². The van der Waals surface area contributed by atoms with Gasteiger partial charge in [-0.25, -0.2) is 13.1 Å². The fourth-order valence-corrected chi connectivity index (χ4v) is 2.21. The number of alkyl halides is 1. The van der Waals surface area contributed by atoms with Crippen LogP contribution in [-0.4, -0.2) is 20.8 Å². The molecular formula is C9H13ClN2O2S. The van der Waals surface area contributed by atoms with Gasteiger partial charge in [-0.1, -0.05) is 0 Å². The molecule has 0 radical (unpaired) electrons.